The van der Waals surface area contributed by atoms with E-state index in [0.29, 0.717) is 0 Å². The van der Waals surface area contributed by atoms with E-state index in [2.05, 4.69) is 48.4 Å². The number of H-pyrrole nitrogens is 1. The molecule has 2 rings (SSSR count). The summed E-state index contributed by atoms with van der Waals surface area (Å²) in [5, 5.41) is 10.2. The van der Waals surface area contributed by atoms with Crippen molar-refractivity contribution < 1.29 is 0 Å². The lowest BCUT2D eigenvalue weighted by molar-refractivity contribution is 0.690. The lowest BCUT2D eigenvalue weighted by atomic mass is 10.0. The Kier molecular flexibility index (Phi) is 3.59. The summed E-state index contributed by atoms with van der Waals surface area (Å²) in [4.78, 5) is 0. The van der Waals surface area contributed by atoms with Crippen LogP contribution in [-0.4, -0.2) is 10.2 Å². The molecule has 1 aromatic heterocycles. The highest BCUT2D eigenvalue weighted by Gasteiger charge is 2.02. The van der Waals surface area contributed by atoms with E-state index in [0.717, 1.165) is 13.1 Å². The van der Waals surface area contributed by atoms with E-state index >= 15 is 0 Å². The molecule has 0 amide bonds. The lowest BCUT2D eigenvalue weighted by Crippen LogP contribution is -2.13. The van der Waals surface area contributed by atoms with Crippen molar-refractivity contribution in [3.8, 4) is 0 Å². The van der Waals surface area contributed by atoms with E-state index in [1.807, 2.05) is 12.4 Å². The van der Waals surface area contributed by atoms with Crippen molar-refractivity contribution in [2.45, 2.75) is 33.9 Å². The first-order valence-corrected chi connectivity index (χ1v) is 5.92. The summed E-state index contributed by atoms with van der Waals surface area (Å²) in [5.74, 6) is 0. The number of rotatable bonds is 4. The molecule has 0 saturated heterocycles. The Hall–Kier alpha value is -1.61. The summed E-state index contributed by atoms with van der Waals surface area (Å²) in [6.45, 7) is 8.24. The van der Waals surface area contributed by atoms with E-state index in [-0.39, 0.29) is 0 Å². The third kappa shape index (κ3) is 2.94. The monoisotopic (exact) mass is 229 g/mol. The molecular weight excluding hydrogens is 210 g/mol. The zero-order valence-corrected chi connectivity index (χ0v) is 10.7. The van der Waals surface area contributed by atoms with Gasteiger partial charge in [0.05, 0.1) is 6.20 Å². The number of aryl methyl sites for hydroxylation is 3. The molecule has 3 heteroatoms. The third-order valence-corrected chi connectivity index (χ3v) is 3.15. The van der Waals surface area contributed by atoms with Crippen molar-refractivity contribution in [1.29, 1.82) is 0 Å². The molecule has 0 bridgehead atoms. The molecule has 0 fully saturated rings. The third-order valence-electron chi connectivity index (χ3n) is 3.15. The van der Waals surface area contributed by atoms with Crippen LogP contribution >= 0.6 is 0 Å². The topological polar surface area (TPSA) is 40.7 Å². The zero-order chi connectivity index (χ0) is 12.3. The second kappa shape index (κ2) is 5.15. The van der Waals surface area contributed by atoms with Gasteiger partial charge in [0, 0.05) is 24.8 Å². The van der Waals surface area contributed by atoms with Gasteiger partial charge >= 0.3 is 0 Å². The first-order chi connectivity index (χ1) is 8.16. The number of benzene rings is 1. The standard InChI is InChI=1S/C14H19N3/c1-10-4-12(3)14(5-11(10)2)9-15-6-13-7-16-17-8-13/h4-5,7-8,15H,6,9H2,1-3H3,(H,16,17). The maximum absolute atomic E-state index is 3.93. The van der Waals surface area contributed by atoms with E-state index in [4.69, 9.17) is 0 Å². The van der Waals surface area contributed by atoms with Gasteiger partial charge in [0.2, 0.25) is 0 Å². The Bertz CT molecular complexity index is 486. The molecule has 0 spiro atoms. The van der Waals surface area contributed by atoms with E-state index in [1.165, 1.54) is 27.8 Å². The molecule has 0 aliphatic heterocycles. The largest absolute Gasteiger partial charge is 0.308 e. The van der Waals surface area contributed by atoms with Gasteiger partial charge in [0.25, 0.3) is 0 Å². The summed E-state index contributed by atoms with van der Waals surface area (Å²) >= 11 is 0. The molecule has 0 aliphatic rings. The van der Waals surface area contributed by atoms with Crippen molar-refractivity contribution in [3.05, 3.63) is 52.3 Å². The predicted molar refractivity (Wildman–Crippen MR) is 69.8 cm³/mol. The van der Waals surface area contributed by atoms with Crippen LogP contribution < -0.4 is 5.32 Å². The van der Waals surface area contributed by atoms with Gasteiger partial charge in [-0.2, -0.15) is 5.10 Å². The lowest BCUT2D eigenvalue weighted by Gasteiger charge is -2.10. The summed E-state index contributed by atoms with van der Waals surface area (Å²) in [6, 6.07) is 4.53. The van der Waals surface area contributed by atoms with E-state index in [9.17, 15) is 0 Å². The zero-order valence-electron chi connectivity index (χ0n) is 10.7. The summed E-state index contributed by atoms with van der Waals surface area (Å²) in [5.41, 5.74) is 6.63. The summed E-state index contributed by atoms with van der Waals surface area (Å²) in [6.07, 6.45) is 3.76. The molecule has 1 aromatic carbocycles. The van der Waals surface area contributed by atoms with Crippen LogP contribution in [0.4, 0.5) is 0 Å². The van der Waals surface area contributed by atoms with Crippen LogP contribution in [0, 0.1) is 20.8 Å². The molecule has 0 unspecified atom stereocenters. The highest BCUT2D eigenvalue weighted by molar-refractivity contribution is 5.36. The fourth-order valence-corrected chi connectivity index (χ4v) is 1.93. The Labute approximate surface area is 102 Å². The number of nitrogens with one attached hydrogen (secondary N) is 2. The Balaban J connectivity index is 1.97. The predicted octanol–water partition coefficient (Wildman–Crippen LogP) is 2.62. The van der Waals surface area contributed by atoms with Gasteiger partial charge in [0.1, 0.15) is 0 Å². The smallest absolute Gasteiger partial charge is 0.0532 e. The minimum atomic E-state index is 0.850. The SMILES string of the molecule is Cc1cc(C)c(CNCc2cn[nH]c2)cc1C. The molecule has 17 heavy (non-hydrogen) atoms. The highest BCUT2D eigenvalue weighted by atomic mass is 15.1. The van der Waals surface area contributed by atoms with Crippen LogP contribution in [0.2, 0.25) is 0 Å². The molecule has 0 aliphatic carbocycles. The van der Waals surface area contributed by atoms with Gasteiger partial charge in [-0.1, -0.05) is 12.1 Å². The van der Waals surface area contributed by atoms with Gasteiger partial charge < -0.3 is 5.32 Å². The number of aromatic amines is 1. The van der Waals surface area contributed by atoms with Crippen LogP contribution in [0.25, 0.3) is 0 Å². The first-order valence-electron chi connectivity index (χ1n) is 5.92. The molecule has 2 aromatic rings. The van der Waals surface area contributed by atoms with Crippen LogP contribution in [0.15, 0.2) is 24.5 Å². The molecule has 1 heterocycles. The van der Waals surface area contributed by atoms with Crippen LogP contribution in [0.3, 0.4) is 0 Å². The van der Waals surface area contributed by atoms with E-state index < -0.39 is 0 Å². The Morgan fingerprint density at radius 1 is 1.06 bits per heavy atom. The molecule has 0 atom stereocenters. The maximum atomic E-state index is 3.93. The number of aromatic nitrogens is 2. The highest BCUT2D eigenvalue weighted by Crippen LogP contribution is 2.15. The Morgan fingerprint density at radius 3 is 2.53 bits per heavy atom. The normalized spacial score (nSPS) is 10.8. The second-order valence-corrected chi connectivity index (χ2v) is 4.57. The second-order valence-electron chi connectivity index (χ2n) is 4.57. The quantitative estimate of drug-likeness (QED) is 0.846. The van der Waals surface area contributed by atoms with Crippen LogP contribution in [0.5, 0.6) is 0 Å². The first kappa shape index (κ1) is 11.9. The molecular formula is C14H19N3. The van der Waals surface area contributed by atoms with Crippen molar-refractivity contribution in [3.63, 3.8) is 0 Å². The molecule has 0 saturated carbocycles. The van der Waals surface area contributed by atoms with Crippen LogP contribution in [-0.2, 0) is 13.1 Å². The van der Waals surface area contributed by atoms with Crippen molar-refractivity contribution in [2.75, 3.05) is 0 Å². The minimum Gasteiger partial charge on any atom is -0.308 e. The van der Waals surface area contributed by atoms with Crippen molar-refractivity contribution in [2.24, 2.45) is 0 Å². The van der Waals surface area contributed by atoms with Gasteiger partial charge in [-0.25, -0.2) is 0 Å². The van der Waals surface area contributed by atoms with Gasteiger partial charge in [-0.3, -0.25) is 5.10 Å². The summed E-state index contributed by atoms with van der Waals surface area (Å²) in [7, 11) is 0. The van der Waals surface area contributed by atoms with Gasteiger partial charge in [0.15, 0.2) is 0 Å². The fourth-order valence-electron chi connectivity index (χ4n) is 1.93. The molecule has 3 nitrogen and oxygen atoms in total. The van der Waals surface area contributed by atoms with E-state index in [1.54, 1.807) is 0 Å². The van der Waals surface area contributed by atoms with Gasteiger partial charge in [-0.05, 0) is 43.0 Å². The van der Waals surface area contributed by atoms with Crippen LogP contribution in [0.1, 0.15) is 27.8 Å². The molecule has 0 radical (unpaired) electrons. The minimum absolute atomic E-state index is 0.850. The number of hydrogen-bond donors (Lipinski definition) is 2. The average molecular weight is 229 g/mol. The molecule has 90 valence electrons. The average Bonchev–Trinajstić information content (AvgIpc) is 2.78. The van der Waals surface area contributed by atoms with Crippen molar-refractivity contribution in [1.82, 2.24) is 15.5 Å². The molecule has 2 N–H and O–H groups in total. The van der Waals surface area contributed by atoms with Gasteiger partial charge in [-0.15, -0.1) is 0 Å². The number of nitrogens with zero attached hydrogens (tertiary/aromatic N) is 1. The van der Waals surface area contributed by atoms with Crippen molar-refractivity contribution >= 4 is 0 Å². The summed E-state index contributed by atoms with van der Waals surface area (Å²) < 4.78 is 0. The Morgan fingerprint density at radius 2 is 1.82 bits per heavy atom. The fraction of sp³-hybridized carbons (Fsp3) is 0.357. The number of hydrogen-bond acceptors (Lipinski definition) is 2. The maximum Gasteiger partial charge on any atom is 0.0532 e.